The predicted octanol–water partition coefficient (Wildman–Crippen LogP) is 3.35. The molecular weight excluding hydrogens is 406 g/mol. The maximum atomic E-state index is 12.6. The summed E-state index contributed by atoms with van der Waals surface area (Å²) >= 11 is 2.94. The monoisotopic (exact) mass is 431 g/mol. The van der Waals surface area contributed by atoms with E-state index in [1.54, 1.807) is 25.3 Å². The minimum absolute atomic E-state index is 0.142. The molecule has 0 aliphatic rings. The molecule has 1 N–H and O–H groups in total. The molecule has 0 aliphatic heterocycles. The molecule has 0 saturated carbocycles. The van der Waals surface area contributed by atoms with E-state index >= 15 is 0 Å². The number of rotatable bonds is 7. The number of hydrogen-bond acceptors (Lipinski definition) is 7. The van der Waals surface area contributed by atoms with Crippen LogP contribution in [-0.4, -0.2) is 32.2 Å². The largest absolute Gasteiger partial charge is 0.351 e. The fourth-order valence-electron chi connectivity index (χ4n) is 3.02. The number of nitrogens with zero attached hydrogens (tertiary/aromatic N) is 4. The lowest BCUT2D eigenvalue weighted by Crippen LogP contribution is -2.24. The average molecular weight is 432 g/mol. The number of aromatic nitrogens is 4. The van der Waals surface area contributed by atoms with Crippen molar-refractivity contribution in [2.45, 2.75) is 47.0 Å². The van der Waals surface area contributed by atoms with Crippen molar-refractivity contribution in [3.8, 4) is 10.6 Å². The zero-order valence-electron chi connectivity index (χ0n) is 17.3. The van der Waals surface area contributed by atoms with Crippen LogP contribution in [0.15, 0.2) is 10.2 Å². The van der Waals surface area contributed by atoms with Crippen molar-refractivity contribution in [1.29, 1.82) is 0 Å². The first-order valence-corrected chi connectivity index (χ1v) is 11.2. The minimum atomic E-state index is -0.203. The van der Waals surface area contributed by atoms with Gasteiger partial charge in [-0.05, 0) is 52.5 Å². The van der Waals surface area contributed by atoms with Crippen LogP contribution in [0.3, 0.4) is 0 Å². The molecule has 0 bridgehead atoms. The van der Waals surface area contributed by atoms with Crippen molar-refractivity contribution in [2.75, 3.05) is 6.54 Å². The summed E-state index contributed by atoms with van der Waals surface area (Å²) in [5.74, 6) is -0.142. The van der Waals surface area contributed by atoms with Crippen molar-refractivity contribution >= 4 is 28.6 Å². The van der Waals surface area contributed by atoms with Crippen LogP contribution < -0.4 is 10.9 Å². The van der Waals surface area contributed by atoms with E-state index in [0.29, 0.717) is 27.7 Å². The highest BCUT2D eigenvalue weighted by Gasteiger charge is 2.20. The topological polar surface area (TPSA) is 89.8 Å². The Morgan fingerprint density at radius 2 is 1.90 bits per heavy atom. The molecule has 1 amide bonds. The Morgan fingerprint density at radius 1 is 1.14 bits per heavy atom. The molecule has 154 valence electrons. The molecule has 0 radical (unpaired) electrons. The fraction of sp³-hybridized carbons (Fsp3) is 0.450. The number of aryl methyl sites for hydroxylation is 5. The highest BCUT2D eigenvalue weighted by molar-refractivity contribution is 7.17. The first-order valence-electron chi connectivity index (χ1n) is 9.49. The Labute approximate surface area is 177 Å². The van der Waals surface area contributed by atoms with Gasteiger partial charge in [0.2, 0.25) is 0 Å². The summed E-state index contributed by atoms with van der Waals surface area (Å²) in [6.07, 6.45) is 2.80. The molecule has 0 unspecified atom stereocenters. The zero-order chi connectivity index (χ0) is 21.1. The van der Waals surface area contributed by atoms with E-state index in [2.05, 4.69) is 25.8 Å². The summed E-state index contributed by atoms with van der Waals surface area (Å²) in [6.45, 7) is 8.12. The molecule has 0 atom stereocenters. The van der Waals surface area contributed by atoms with E-state index in [9.17, 15) is 9.59 Å². The fourth-order valence-corrected chi connectivity index (χ4v) is 4.91. The molecule has 9 heteroatoms. The van der Waals surface area contributed by atoms with Gasteiger partial charge in [-0.15, -0.1) is 22.7 Å². The van der Waals surface area contributed by atoms with Gasteiger partial charge in [-0.3, -0.25) is 9.59 Å². The van der Waals surface area contributed by atoms with Crippen molar-refractivity contribution < 1.29 is 4.79 Å². The smallest absolute Gasteiger partial charge is 0.277 e. The lowest BCUT2D eigenvalue weighted by molar-refractivity contribution is 0.0956. The van der Waals surface area contributed by atoms with Crippen molar-refractivity contribution in [1.82, 2.24) is 25.1 Å². The minimum Gasteiger partial charge on any atom is -0.351 e. The van der Waals surface area contributed by atoms with Gasteiger partial charge in [-0.1, -0.05) is 0 Å². The van der Waals surface area contributed by atoms with Gasteiger partial charge in [-0.25, -0.2) is 14.6 Å². The molecule has 29 heavy (non-hydrogen) atoms. The quantitative estimate of drug-likeness (QED) is 0.580. The van der Waals surface area contributed by atoms with Gasteiger partial charge in [0.25, 0.3) is 11.5 Å². The third-order valence-corrected chi connectivity index (χ3v) is 6.91. The van der Waals surface area contributed by atoms with Crippen molar-refractivity contribution in [2.24, 2.45) is 7.05 Å². The summed E-state index contributed by atoms with van der Waals surface area (Å²) in [5.41, 5.74) is 3.58. The van der Waals surface area contributed by atoms with Gasteiger partial charge in [0.15, 0.2) is 0 Å². The predicted molar refractivity (Wildman–Crippen MR) is 117 cm³/mol. The highest BCUT2D eigenvalue weighted by Crippen LogP contribution is 2.28. The maximum Gasteiger partial charge on any atom is 0.277 e. The van der Waals surface area contributed by atoms with Gasteiger partial charge in [0.05, 0.1) is 22.0 Å². The number of hydrogen-bond donors (Lipinski definition) is 1. The van der Waals surface area contributed by atoms with Crippen LogP contribution in [0.1, 0.15) is 50.2 Å². The Morgan fingerprint density at radius 3 is 2.59 bits per heavy atom. The Balaban J connectivity index is 1.64. The van der Waals surface area contributed by atoms with Gasteiger partial charge in [0.1, 0.15) is 9.88 Å². The molecule has 3 aromatic rings. The lowest BCUT2D eigenvalue weighted by atomic mass is 10.1. The van der Waals surface area contributed by atoms with Crippen molar-refractivity contribution in [3.05, 3.63) is 48.3 Å². The molecule has 0 aromatic carbocycles. The summed E-state index contributed by atoms with van der Waals surface area (Å²) in [4.78, 5) is 34.7. The summed E-state index contributed by atoms with van der Waals surface area (Å²) in [6, 6.07) is 0. The van der Waals surface area contributed by atoms with Crippen LogP contribution in [0.5, 0.6) is 0 Å². The van der Waals surface area contributed by atoms with E-state index in [1.165, 1.54) is 16.0 Å². The van der Waals surface area contributed by atoms with E-state index in [4.69, 9.17) is 0 Å². The number of carbonyl (C=O) groups excluding carboxylic acids is 1. The SMILES string of the molecule is Cc1csc(CCCCNC(=O)c2sc(-c3c(C)c(C)nn(C)c3=O)nc2C)n1. The van der Waals surface area contributed by atoms with Crippen LogP contribution in [-0.2, 0) is 13.5 Å². The third kappa shape index (κ3) is 4.79. The normalized spacial score (nSPS) is 11.1. The van der Waals surface area contributed by atoms with Crippen LogP contribution in [0, 0.1) is 27.7 Å². The molecule has 3 rings (SSSR count). The van der Waals surface area contributed by atoms with Crippen LogP contribution in [0.25, 0.3) is 10.6 Å². The molecule has 0 fully saturated rings. The summed E-state index contributed by atoms with van der Waals surface area (Å²) in [7, 11) is 1.62. The third-order valence-electron chi connectivity index (χ3n) is 4.71. The first kappa shape index (κ1) is 21.3. The van der Waals surface area contributed by atoms with E-state index in [1.807, 2.05) is 20.8 Å². The number of thiazole rings is 2. The molecule has 3 heterocycles. The number of carbonyl (C=O) groups is 1. The Kier molecular flexibility index (Phi) is 6.59. The lowest BCUT2D eigenvalue weighted by Gasteiger charge is -2.07. The van der Waals surface area contributed by atoms with Gasteiger partial charge in [0, 0.05) is 24.7 Å². The van der Waals surface area contributed by atoms with Gasteiger partial charge >= 0.3 is 0 Å². The van der Waals surface area contributed by atoms with Gasteiger partial charge < -0.3 is 5.32 Å². The Hall–Kier alpha value is -2.39. The summed E-state index contributed by atoms with van der Waals surface area (Å²) in [5, 5.41) is 10.9. The highest BCUT2D eigenvalue weighted by atomic mass is 32.1. The number of nitrogens with one attached hydrogen (secondary N) is 1. The first-order chi connectivity index (χ1) is 13.8. The van der Waals surface area contributed by atoms with Crippen LogP contribution in [0.4, 0.5) is 0 Å². The molecular formula is C20H25N5O2S2. The molecule has 7 nitrogen and oxygen atoms in total. The second-order valence-corrected chi connectivity index (χ2v) is 8.99. The molecule has 0 spiro atoms. The van der Waals surface area contributed by atoms with Crippen LogP contribution in [0.2, 0.25) is 0 Å². The van der Waals surface area contributed by atoms with E-state index < -0.39 is 0 Å². The summed E-state index contributed by atoms with van der Waals surface area (Å²) < 4.78 is 1.32. The molecule has 3 aromatic heterocycles. The van der Waals surface area contributed by atoms with Gasteiger partial charge in [-0.2, -0.15) is 5.10 Å². The van der Waals surface area contributed by atoms with E-state index in [0.717, 1.165) is 41.2 Å². The number of unbranched alkanes of at least 4 members (excludes halogenated alkanes) is 1. The average Bonchev–Trinajstić information content (AvgIpc) is 3.25. The zero-order valence-corrected chi connectivity index (χ0v) is 19.0. The second-order valence-electron chi connectivity index (χ2n) is 7.04. The van der Waals surface area contributed by atoms with Crippen LogP contribution >= 0.6 is 22.7 Å². The van der Waals surface area contributed by atoms with E-state index in [-0.39, 0.29) is 11.5 Å². The van der Waals surface area contributed by atoms with Crippen molar-refractivity contribution in [3.63, 3.8) is 0 Å². The Bertz CT molecular complexity index is 1100. The standard InChI is InChI=1S/C20H25N5O2S2/c1-11-10-28-15(22-11)8-6-7-9-21-18(26)17-14(4)23-19(29-17)16-12(2)13(3)24-25(5)20(16)27/h10H,6-9H2,1-5H3,(H,21,26). The molecule has 0 aliphatic carbocycles. The second kappa shape index (κ2) is 8.96. The number of amides is 1. The maximum absolute atomic E-state index is 12.6. The molecule has 0 saturated heterocycles.